The van der Waals surface area contributed by atoms with Gasteiger partial charge in [0, 0.05) is 16.9 Å². The number of anilines is 3. The Bertz CT molecular complexity index is 1570. The van der Waals surface area contributed by atoms with Crippen LogP contribution >= 0.6 is 11.6 Å². The number of nitrogens with one attached hydrogen (secondary N) is 2. The van der Waals surface area contributed by atoms with Gasteiger partial charge in [-0.2, -0.15) is 0 Å². The first-order valence-corrected chi connectivity index (χ1v) is 12.7. The average Bonchev–Trinajstić information content (AvgIpc) is 3.17. The smallest absolute Gasteiger partial charge is 0.283 e. The molecular weight excluding hydrogens is 514 g/mol. The number of carbonyl (C=O) groups is 3. The summed E-state index contributed by atoms with van der Waals surface area (Å²) in [6, 6.07) is 30.0. The van der Waals surface area contributed by atoms with E-state index in [0.717, 1.165) is 11.3 Å². The zero-order chi connectivity index (χ0) is 27.4. The lowest BCUT2D eigenvalue weighted by Gasteiger charge is -2.16. The molecule has 0 spiro atoms. The van der Waals surface area contributed by atoms with Gasteiger partial charge in [-0.15, -0.1) is 0 Å². The molecule has 0 radical (unpaired) electrons. The molecule has 1 aliphatic heterocycles. The second kappa shape index (κ2) is 11.2. The molecule has 0 aliphatic carbocycles. The fraction of sp³-hybridized carbons (Fsp3) is 0.0645. The predicted octanol–water partition coefficient (Wildman–Crippen LogP) is 6.73. The molecule has 39 heavy (non-hydrogen) atoms. The number of benzene rings is 4. The van der Waals surface area contributed by atoms with E-state index in [1.165, 1.54) is 5.56 Å². The first kappa shape index (κ1) is 25.8. The van der Waals surface area contributed by atoms with Crippen LogP contribution in [-0.4, -0.2) is 17.7 Å². The van der Waals surface area contributed by atoms with Crippen LogP contribution in [0.1, 0.15) is 22.8 Å². The Hall–Kier alpha value is -4.88. The molecule has 4 aromatic carbocycles. The van der Waals surface area contributed by atoms with E-state index in [1.54, 1.807) is 48.5 Å². The zero-order valence-corrected chi connectivity index (χ0v) is 21.7. The number of amides is 3. The summed E-state index contributed by atoms with van der Waals surface area (Å²) in [7, 11) is 0. The standard InChI is InChI=1S/C31H24ClN3O4/c1-2-20-11-13-22(14-12-20)34-29(36)21-7-6-8-23(19-21)33-28-27(32)30(37)35(31(28)38)24-15-17-26(18-16-24)39-25-9-4-3-5-10-25/h3-19,33H,2H2,1H3,(H,34,36). The van der Waals surface area contributed by atoms with Crippen molar-refractivity contribution < 1.29 is 19.1 Å². The van der Waals surface area contributed by atoms with Gasteiger partial charge < -0.3 is 15.4 Å². The Labute approximate surface area is 230 Å². The lowest BCUT2D eigenvalue weighted by atomic mass is 10.1. The van der Waals surface area contributed by atoms with Gasteiger partial charge in [0.15, 0.2) is 0 Å². The van der Waals surface area contributed by atoms with Crippen LogP contribution in [0.15, 0.2) is 114 Å². The molecule has 0 saturated carbocycles. The second-order valence-electron chi connectivity index (χ2n) is 8.75. The van der Waals surface area contributed by atoms with Crippen molar-refractivity contribution in [3.8, 4) is 11.5 Å². The normalized spacial score (nSPS) is 13.0. The highest BCUT2D eigenvalue weighted by atomic mass is 35.5. The number of hydrogen-bond donors (Lipinski definition) is 2. The molecule has 4 aromatic rings. The Kier molecular flexibility index (Phi) is 7.43. The van der Waals surface area contributed by atoms with E-state index in [-0.39, 0.29) is 16.6 Å². The largest absolute Gasteiger partial charge is 0.457 e. The second-order valence-corrected chi connectivity index (χ2v) is 9.13. The molecule has 8 heteroatoms. The molecule has 0 saturated heterocycles. The SMILES string of the molecule is CCc1ccc(NC(=O)c2cccc(NC3=C(Cl)C(=O)N(c4ccc(Oc5ccccc5)cc4)C3=O)c2)cc1. The number of aryl methyl sites for hydroxylation is 1. The van der Waals surface area contributed by atoms with Gasteiger partial charge in [0.1, 0.15) is 22.2 Å². The Morgan fingerprint density at radius 2 is 1.49 bits per heavy atom. The van der Waals surface area contributed by atoms with Crippen molar-refractivity contribution >= 4 is 46.4 Å². The van der Waals surface area contributed by atoms with Crippen molar-refractivity contribution in [1.29, 1.82) is 0 Å². The van der Waals surface area contributed by atoms with E-state index < -0.39 is 11.8 Å². The van der Waals surface area contributed by atoms with Gasteiger partial charge in [0.25, 0.3) is 17.7 Å². The lowest BCUT2D eigenvalue weighted by Crippen LogP contribution is -2.32. The molecular formula is C31H24ClN3O4. The van der Waals surface area contributed by atoms with Crippen LogP contribution in [0.25, 0.3) is 0 Å². The Morgan fingerprint density at radius 1 is 0.795 bits per heavy atom. The number of hydrogen-bond acceptors (Lipinski definition) is 5. The van der Waals surface area contributed by atoms with Crippen LogP contribution in [0, 0.1) is 0 Å². The molecule has 1 heterocycles. The molecule has 1 aliphatic rings. The van der Waals surface area contributed by atoms with Crippen molar-refractivity contribution in [2.24, 2.45) is 0 Å². The van der Waals surface area contributed by atoms with Crippen molar-refractivity contribution in [2.45, 2.75) is 13.3 Å². The monoisotopic (exact) mass is 537 g/mol. The molecule has 5 rings (SSSR count). The first-order valence-electron chi connectivity index (χ1n) is 12.3. The lowest BCUT2D eigenvalue weighted by molar-refractivity contribution is -0.120. The van der Waals surface area contributed by atoms with E-state index in [4.69, 9.17) is 16.3 Å². The molecule has 3 amide bonds. The van der Waals surface area contributed by atoms with Gasteiger partial charge in [0.2, 0.25) is 0 Å². The fourth-order valence-electron chi connectivity index (χ4n) is 4.04. The summed E-state index contributed by atoms with van der Waals surface area (Å²) in [6.07, 6.45) is 0.910. The minimum absolute atomic E-state index is 0.0704. The number of nitrogens with zero attached hydrogens (tertiary/aromatic N) is 1. The molecule has 0 fully saturated rings. The number of carbonyl (C=O) groups excluding carboxylic acids is 3. The number of halogens is 1. The van der Waals surface area contributed by atoms with E-state index in [0.29, 0.717) is 34.1 Å². The maximum Gasteiger partial charge on any atom is 0.283 e. The van der Waals surface area contributed by atoms with E-state index in [9.17, 15) is 14.4 Å². The highest BCUT2D eigenvalue weighted by Gasteiger charge is 2.39. The van der Waals surface area contributed by atoms with Crippen molar-refractivity contribution in [3.05, 3.63) is 125 Å². The van der Waals surface area contributed by atoms with Gasteiger partial charge in [-0.05, 0) is 78.7 Å². The minimum Gasteiger partial charge on any atom is -0.457 e. The molecule has 0 atom stereocenters. The van der Waals surface area contributed by atoms with Crippen molar-refractivity contribution in [3.63, 3.8) is 0 Å². The third kappa shape index (κ3) is 5.68. The zero-order valence-electron chi connectivity index (χ0n) is 21.0. The van der Waals surface area contributed by atoms with Crippen LogP contribution in [-0.2, 0) is 16.0 Å². The predicted molar refractivity (Wildman–Crippen MR) is 152 cm³/mol. The quantitative estimate of drug-likeness (QED) is 0.243. The molecule has 194 valence electrons. The topological polar surface area (TPSA) is 87.7 Å². The summed E-state index contributed by atoms with van der Waals surface area (Å²) in [5.41, 5.74) is 2.94. The van der Waals surface area contributed by atoms with Gasteiger partial charge in [0.05, 0.1) is 5.69 Å². The van der Waals surface area contributed by atoms with Crippen LogP contribution in [0.5, 0.6) is 11.5 Å². The number of imide groups is 1. The van der Waals surface area contributed by atoms with E-state index in [2.05, 4.69) is 17.6 Å². The van der Waals surface area contributed by atoms with Crippen molar-refractivity contribution in [2.75, 3.05) is 15.5 Å². The van der Waals surface area contributed by atoms with Gasteiger partial charge in [-0.25, -0.2) is 4.90 Å². The maximum atomic E-state index is 13.2. The molecule has 2 N–H and O–H groups in total. The van der Waals surface area contributed by atoms with Crippen molar-refractivity contribution in [1.82, 2.24) is 0 Å². The van der Waals surface area contributed by atoms with Gasteiger partial charge in [-0.3, -0.25) is 14.4 Å². The summed E-state index contributed by atoms with van der Waals surface area (Å²) >= 11 is 6.29. The highest BCUT2D eigenvalue weighted by Crippen LogP contribution is 2.32. The minimum atomic E-state index is -0.648. The van der Waals surface area contributed by atoms with Gasteiger partial charge >= 0.3 is 0 Å². The Balaban J connectivity index is 1.28. The van der Waals surface area contributed by atoms with Crippen LogP contribution in [0.2, 0.25) is 0 Å². The third-order valence-corrected chi connectivity index (χ3v) is 6.47. The summed E-state index contributed by atoms with van der Waals surface area (Å²) in [4.78, 5) is 39.9. The summed E-state index contributed by atoms with van der Waals surface area (Å²) in [5, 5.41) is 5.54. The molecule has 7 nitrogen and oxygen atoms in total. The van der Waals surface area contributed by atoms with Gasteiger partial charge in [-0.1, -0.05) is 54.9 Å². The summed E-state index contributed by atoms with van der Waals surface area (Å²) in [5.74, 6) is -0.341. The van der Waals surface area contributed by atoms with Crippen LogP contribution < -0.4 is 20.3 Å². The third-order valence-electron chi connectivity index (χ3n) is 6.12. The molecule has 0 bridgehead atoms. The highest BCUT2D eigenvalue weighted by molar-refractivity contribution is 6.53. The number of para-hydroxylation sites is 1. The van der Waals surface area contributed by atoms with Crippen LogP contribution in [0.3, 0.4) is 0 Å². The number of ether oxygens (including phenoxy) is 1. The summed E-state index contributed by atoms with van der Waals surface area (Å²) < 4.78 is 5.78. The molecule has 0 unspecified atom stereocenters. The number of rotatable bonds is 8. The van der Waals surface area contributed by atoms with E-state index >= 15 is 0 Å². The molecule has 0 aromatic heterocycles. The summed E-state index contributed by atoms with van der Waals surface area (Å²) in [6.45, 7) is 2.06. The first-order chi connectivity index (χ1) is 18.9. The van der Waals surface area contributed by atoms with E-state index in [1.807, 2.05) is 54.6 Å². The maximum absolute atomic E-state index is 13.2. The average molecular weight is 538 g/mol. The fourth-order valence-corrected chi connectivity index (χ4v) is 4.26. The van der Waals surface area contributed by atoms with Crippen LogP contribution in [0.4, 0.5) is 17.1 Å². The Morgan fingerprint density at radius 3 is 2.18 bits per heavy atom.